The average Bonchev–Trinajstić information content (AvgIpc) is 3.10. The molecule has 0 bridgehead atoms. The summed E-state index contributed by atoms with van der Waals surface area (Å²) in [6.07, 6.45) is 10.8. The zero-order valence-electron chi connectivity index (χ0n) is 15.3. The van der Waals surface area contributed by atoms with Gasteiger partial charge in [-0.25, -0.2) is 0 Å². The van der Waals surface area contributed by atoms with Crippen LogP contribution in [0, 0.1) is 5.41 Å². The quantitative estimate of drug-likeness (QED) is 0.838. The van der Waals surface area contributed by atoms with E-state index in [1.165, 1.54) is 64.7 Å². The third-order valence-corrected chi connectivity index (χ3v) is 6.70. The minimum Gasteiger partial charge on any atom is -0.396 e. The second-order valence-corrected chi connectivity index (χ2v) is 8.64. The molecule has 0 aromatic carbocycles. The van der Waals surface area contributed by atoms with E-state index in [-0.39, 0.29) is 5.41 Å². The lowest BCUT2D eigenvalue weighted by atomic mass is 9.78. The van der Waals surface area contributed by atoms with E-state index in [1.807, 2.05) is 0 Å². The van der Waals surface area contributed by atoms with E-state index in [0.717, 1.165) is 31.5 Å². The molecule has 1 aliphatic carbocycles. The van der Waals surface area contributed by atoms with E-state index in [0.29, 0.717) is 6.61 Å². The fraction of sp³-hybridized carbons (Fsp3) is 1.00. The SMILES string of the molecule is CN(C)CC1(CO)CCN(C2CCN(C3CCCC3)CC2)CC1. The molecule has 0 amide bonds. The third kappa shape index (κ3) is 4.28. The maximum atomic E-state index is 9.89. The molecule has 3 aliphatic rings. The molecule has 2 aliphatic heterocycles. The van der Waals surface area contributed by atoms with Crippen LogP contribution in [0.25, 0.3) is 0 Å². The molecule has 0 aromatic rings. The first-order chi connectivity index (χ1) is 11.1. The number of hydrogen-bond acceptors (Lipinski definition) is 4. The van der Waals surface area contributed by atoms with Crippen LogP contribution in [0.15, 0.2) is 0 Å². The van der Waals surface area contributed by atoms with Crippen LogP contribution in [0.4, 0.5) is 0 Å². The van der Waals surface area contributed by atoms with Crippen molar-refractivity contribution in [3.05, 3.63) is 0 Å². The van der Waals surface area contributed by atoms with Crippen LogP contribution < -0.4 is 0 Å². The van der Waals surface area contributed by atoms with Gasteiger partial charge in [-0.15, -0.1) is 0 Å². The van der Waals surface area contributed by atoms with Gasteiger partial charge in [0.1, 0.15) is 0 Å². The number of hydrogen-bond donors (Lipinski definition) is 1. The molecule has 3 fully saturated rings. The number of likely N-dealkylation sites (tertiary alicyclic amines) is 2. The van der Waals surface area contributed by atoms with Crippen molar-refractivity contribution in [1.82, 2.24) is 14.7 Å². The summed E-state index contributed by atoms with van der Waals surface area (Å²) in [6, 6.07) is 1.70. The highest BCUT2D eigenvalue weighted by Crippen LogP contribution is 2.34. The van der Waals surface area contributed by atoms with Crippen molar-refractivity contribution in [2.75, 3.05) is 53.4 Å². The van der Waals surface area contributed by atoms with Gasteiger partial charge < -0.3 is 19.8 Å². The Morgan fingerprint density at radius 3 is 1.91 bits per heavy atom. The maximum absolute atomic E-state index is 9.89. The smallest absolute Gasteiger partial charge is 0.0500 e. The summed E-state index contributed by atoms with van der Waals surface area (Å²) in [6.45, 7) is 6.37. The summed E-state index contributed by atoms with van der Waals surface area (Å²) in [4.78, 5) is 7.75. The van der Waals surface area contributed by atoms with Gasteiger partial charge in [0.15, 0.2) is 0 Å². The van der Waals surface area contributed by atoms with E-state index in [9.17, 15) is 5.11 Å². The van der Waals surface area contributed by atoms with Crippen LogP contribution in [0.3, 0.4) is 0 Å². The molecule has 134 valence electrons. The van der Waals surface area contributed by atoms with Crippen molar-refractivity contribution in [2.45, 2.75) is 63.5 Å². The maximum Gasteiger partial charge on any atom is 0.0500 e. The Kier molecular flexibility index (Phi) is 6.00. The minimum atomic E-state index is 0.143. The first kappa shape index (κ1) is 17.7. The van der Waals surface area contributed by atoms with Gasteiger partial charge in [-0.3, -0.25) is 0 Å². The van der Waals surface area contributed by atoms with Crippen molar-refractivity contribution >= 4 is 0 Å². The van der Waals surface area contributed by atoms with E-state index in [1.54, 1.807) is 0 Å². The molecule has 2 saturated heterocycles. The van der Waals surface area contributed by atoms with E-state index >= 15 is 0 Å². The van der Waals surface area contributed by atoms with Gasteiger partial charge in [0.2, 0.25) is 0 Å². The molecule has 23 heavy (non-hydrogen) atoms. The van der Waals surface area contributed by atoms with Crippen LogP contribution >= 0.6 is 0 Å². The summed E-state index contributed by atoms with van der Waals surface area (Å²) in [5.74, 6) is 0. The van der Waals surface area contributed by atoms with Gasteiger partial charge in [0.25, 0.3) is 0 Å². The molecule has 0 spiro atoms. The van der Waals surface area contributed by atoms with Crippen LogP contribution in [0.1, 0.15) is 51.4 Å². The highest BCUT2D eigenvalue weighted by molar-refractivity contribution is 4.91. The number of nitrogens with zero attached hydrogens (tertiary/aromatic N) is 3. The van der Waals surface area contributed by atoms with E-state index in [2.05, 4.69) is 28.8 Å². The van der Waals surface area contributed by atoms with Gasteiger partial charge in [-0.2, -0.15) is 0 Å². The number of piperidine rings is 2. The molecular weight excluding hydrogens is 286 g/mol. The third-order valence-electron chi connectivity index (χ3n) is 6.70. The Bertz CT molecular complexity index is 352. The van der Waals surface area contributed by atoms with Crippen LogP contribution in [-0.4, -0.2) is 85.3 Å². The second kappa shape index (κ2) is 7.81. The fourth-order valence-electron chi connectivity index (χ4n) is 5.29. The molecule has 0 atom stereocenters. The van der Waals surface area contributed by atoms with Gasteiger partial charge in [-0.05, 0) is 78.8 Å². The Labute approximate surface area is 142 Å². The highest BCUT2D eigenvalue weighted by atomic mass is 16.3. The second-order valence-electron chi connectivity index (χ2n) is 8.64. The van der Waals surface area contributed by atoms with Crippen LogP contribution in [0.5, 0.6) is 0 Å². The molecular formula is C19H37N3O. The Balaban J connectivity index is 1.45. The van der Waals surface area contributed by atoms with Gasteiger partial charge in [0, 0.05) is 24.0 Å². The molecule has 3 rings (SSSR count). The Morgan fingerprint density at radius 1 is 0.870 bits per heavy atom. The zero-order chi connectivity index (χ0) is 16.3. The number of aliphatic hydroxyl groups excluding tert-OH is 1. The largest absolute Gasteiger partial charge is 0.396 e. The van der Waals surface area contributed by atoms with Crippen molar-refractivity contribution in [1.29, 1.82) is 0 Å². The standard InChI is InChI=1S/C19H37N3O/c1-20(2)15-19(16-23)9-13-22(14-10-19)18-7-11-21(12-8-18)17-5-3-4-6-17/h17-18,23H,3-16H2,1-2H3. The van der Waals surface area contributed by atoms with Gasteiger partial charge >= 0.3 is 0 Å². The van der Waals surface area contributed by atoms with Crippen molar-refractivity contribution in [3.63, 3.8) is 0 Å². The Morgan fingerprint density at radius 2 is 1.39 bits per heavy atom. The average molecular weight is 324 g/mol. The van der Waals surface area contributed by atoms with Crippen LogP contribution in [-0.2, 0) is 0 Å². The predicted molar refractivity (Wildman–Crippen MR) is 95.7 cm³/mol. The summed E-state index contributed by atoms with van der Waals surface area (Å²) in [5.41, 5.74) is 0.143. The molecule has 1 saturated carbocycles. The lowest BCUT2D eigenvalue weighted by Crippen LogP contribution is -2.53. The van der Waals surface area contributed by atoms with Crippen molar-refractivity contribution in [3.8, 4) is 0 Å². The molecule has 1 N–H and O–H groups in total. The van der Waals surface area contributed by atoms with E-state index < -0.39 is 0 Å². The summed E-state index contributed by atoms with van der Waals surface area (Å²) >= 11 is 0. The molecule has 0 radical (unpaired) electrons. The first-order valence-electron chi connectivity index (χ1n) is 9.86. The summed E-state index contributed by atoms with van der Waals surface area (Å²) in [5, 5.41) is 9.89. The molecule has 4 nitrogen and oxygen atoms in total. The molecule has 0 aromatic heterocycles. The molecule has 4 heteroatoms. The number of aliphatic hydroxyl groups is 1. The topological polar surface area (TPSA) is 30.0 Å². The highest BCUT2D eigenvalue weighted by Gasteiger charge is 2.37. The van der Waals surface area contributed by atoms with Crippen molar-refractivity contribution in [2.24, 2.45) is 5.41 Å². The molecule has 0 unspecified atom stereocenters. The summed E-state index contributed by atoms with van der Waals surface area (Å²) < 4.78 is 0. The van der Waals surface area contributed by atoms with Gasteiger partial charge in [-0.1, -0.05) is 12.8 Å². The zero-order valence-corrected chi connectivity index (χ0v) is 15.3. The number of rotatable bonds is 5. The molecule has 2 heterocycles. The van der Waals surface area contributed by atoms with Crippen molar-refractivity contribution < 1.29 is 5.11 Å². The fourth-order valence-corrected chi connectivity index (χ4v) is 5.29. The first-order valence-corrected chi connectivity index (χ1v) is 9.86. The lowest BCUT2D eigenvalue weighted by Gasteiger charge is -2.47. The summed E-state index contributed by atoms with van der Waals surface area (Å²) in [7, 11) is 4.26. The monoisotopic (exact) mass is 323 g/mol. The normalized spacial score (nSPS) is 28.7. The predicted octanol–water partition coefficient (Wildman–Crippen LogP) is 2.03. The Hall–Kier alpha value is -0.160. The van der Waals surface area contributed by atoms with Crippen LogP contribution in [0.2, 0.25) is 0 Å². The van der Waals surface area contributed by atoms with E-state index in [4.69, 9.17) is 0 Å². The van der Waals surface area contributed by atoms with Gasteiger partial charge in [0.05, 0.1) is 6.61 Å². The minimum absolute atomic E-state index is 0.143. The lowest BCUT2D eigenvalue weighted by molar-refractivity contribution is -0.00377.